The molecule has 0 saturated carbocycles. The monoisotopic (exact) mass is 261 g/mol. The molecule has 0 bridgehead atoms. The van der Waals surface area contributed by atoms with Gasteiger partial charge in [0.2, 0.25) is 0 Å². The van der Waals surface area contributed by atoms with E-state index in [0.29, 0.717) is 4.77 Å². The van der Waals surface area contributed by atoms with Gasteiger partial charge in [-0.3, -0.25) is 5.10 Å². The molecule has 1 N–H and O–H groups in total. The van der Waals surface area contributed by atoms with Crippen molar-refractivity contribution in [2.75, 3.05) is 0 Å². The standard InChI is InChI=1S/C14H19N3S/c1-2-3-4-12-5-7-13(8-6-12)9-10-17-11-15-16-14(17)18/h5-8,11H,2-4,9-10H2,1H3,(H,16,18). The van der Waals surface area contributed by atoms with E-state index in [1.165, 1.54) is 30.4 Å². The summed E-state index contributed by atoms with van der Waals surface area (Å²) in [7, 11) is 0. The summed E-state index contributed by atoms with van der Waals surface area (Å²) in [6.45, 7) is 3.10. The predicted octanol–water partition coefficient (Wildman–Crippen LogP) is 3.53. The van der Waals surface area contributed by atoms with Gasteiger partial charge < -0.3 is 4.57 Å². The van der Waals surface area contributed by atoms with Crippen LogP contribution in [0.25, 0.3) is 0 Å². The average Bonchev–Trinajstić information content (AvgIpc) is 2.81. The Hall–Kier alpha value is -1.42. The van der Waals surface area contributed by atoms with Crippen LogP contribution in [-0.4, -0.2) is 14.8 Å². The average molecular weight is 261 g/mol. The maximum Gasteiger partial charge on any atom is 0.194 e. The summed E-state index contributed by atoms with van der Waals surface area (Å²) < 4.78 is 2.65. The number of hydrogen-bond donors (Lipinski definition) is 1. The van der Waals surface area contributed by atoms with Crippen LogP contribution < -0.4 is 0 Å². The highest BCUT2D eigenvalue weighted by Crippen LogP contribution is 2.09. The molecule has 0 saturated heterocycles. The molecule has 0 aliphatic heterocycles. The molecule has 0 radical (unpaired) electrons. The van der Waals surface area contributed by atoms with Gasteiger partial charge in [0, 0.05) is 6.54 Å². The van der Waals surface area contributed by atoms with E-state index in [9.17, 15) is 0 Å². The van der Waals surface area contributed by atoms with E-state index in [4.69, 9.17) is 12.2 Å². The molecular formula is C14H19N3S. The molecule has 0 aliphatic carbocycles. The van der Waals surface area contributed by atoms with Gasteiger partial charge in [-0.1, -0.05) is 37.6 Å². The van der Waals surface area contributed by atoms with Gasteiger partial charge >= 0.3 is 0 Å². The topological polar surface area (TPSA) is 33.6 Å². The second kappa shape index (κ2) is 6.50. The Morgan fingerprint density at radius 2 is 1.83 bits per heavy atom. The van der Waals surface area contributed by atoms with Gasteiger partial charge in [-0.15, -0.1) is 0 Å². The Morgan fingerprint density at radius 1 is 1.17 bits per heavy atom. The highest BCUT2D eigenvalue weighted by molar-refractivity contribution is 7.71. The van der Waals surface area contributed by atoms with E-state index in [1.54, 1.807) is 6.33 Å². The number of benzene rings is 1. The number of rotatable bonds is 6. The first-order valence-corrected chi connectivity index (χ1v) is 6.88. The van der Waals surface area contributed by atoms with E-state index in [0.717, 1.165) is 13.0 Å². The Morgan fingerprint density at radius 3 is 2.39 bits per heavy atom. The number of unbranched alkanes of at least 4 members (excludes halogenated alkanes) is 1. The van der Waals surface area contributed by atoms with Gasteiger partial charge in [-0.2, -0.15) is 5.10 Å². The number of aromatic amines is 1. The summed E-state index contributed by atoms with van der Waals surface area (Å²) >= 11 is 5.11. The first-order valence-electron chi connectivity index (χ1n) is 6.47. The molecule has 3 nitrogen and oxygen atoms in total. The molecule has 0 spiro atoms. The maximum atomic E-state index is 5.11. The van der Waals surface area contributed by atoms with Crippen molar-refractivity contribution in [3.05, 3.63) is 46.5 Å². The molecule has 96 valence electrons. The van der Waals surface area contributed by atoms with Crippen LogP contribution >= 0.6 is 12.2 Å². The molecule has 0 atom stereocenters. The van der Waals surface area contributed by atoms with Crippen molar-refractivity contribution >= 4 is 12.2 Å². The van der Waals surface area contributed by atoms with Crippen molar-refractivity contribution in [1.82, 2.24) is 14.8 Å². The zero-order valence-corrected chi connectivity index (χ0v) is 11.5. The minimum Gasteiger partial charge on any atom is -0.306 e. The summed E-state index contributed by atoms with van der Waals surface area (Å²) in [4.78, 5) is 0. The van der Waals surface area contributed by atoms with Crippen LogP contribution in [-0.2, 0) is 19.4 Å². The van der Waals surface area contributed by atoms with E-state index in [-0.39, 0.29) is 0 Å². The van der Waals surface area contributed by atoms with Gasteiger partial charge in [0.05, 0.1) is 0 Å². The molecule has 1 aromatic carbocycles. The Bertz CT molecular complexity index is 524. The smallest absolute Gasteiger partial charge is 0.194 e. The lowest BCUT2D eigenvalue weighted by atomic mass is 10.1. The molecule has 2 aromatic rings. The van der Waals surface area contributed by atoms with Crippen LogP contribution in [0.3, 0.4) is 0 Å². The lowest BCUT2D eigenvalue weighted by molar-refractivity contribution is 0.684. The maximum absolute atomic E-state index is 5.11. The minimum atomic E-state index is 0.689. The number of nitrogens with zero attached hydrogens (tertiary/aromatic N) is 2. The quantitative estimate of drug-likeness (QED) is 0.807. The second-order valence-electron chi connectivity index (χ2n) is 4.52. The lowest BCUT2D eigenvalue weighted by Crippen LogP contribution is -2.00. The van der Waals surface area contributed by atoms with Crippen molar-refractivity contribution in [3.8, 4) is 0 Å². The van der Waals surface area contributed by atoms with Crippen molar-refractivity contribution in [3.63, 3.8) is 0 Å². The fourth-order valence-corrected chi connectivity index (χ4v) is 2.12. The third-order valence-electron chi connectivity index (χ3n) is 3.10. The van der Waals surface area contributed by atoms with E-state index in [1.807, 2.05) is 4.57 Å². The van der Waals surface area contributed by atoms with E-state index < -0.39 is 0 Å². The fourth-order valence-electron chi connectivity index (χ4n) is 1.93. The number of aromatic nitrogens is 3. The molecule has 1 heterocycles. The van der Waals surface area contributed by atoms with Gasteiger partial charge in [-0.25, -0.2) is 0 Å². The van der Waals surface area contributed by atoms with Gasteiger partial charge in [0.15, 0.2) is 4.77 Å². The largest absolute Gasteiger partial charge is 0.306 e. The van der Waals surface area contributed by atoms with Gasteiger partial charge in [0.1, 0.15) is 6.33 Å². The number of nitrogens with one attached hydrogen (secondary N) is 1. The van der Waals surface area contributed by atoms with Crippen molar-refractivity contribution < 1.29 is 0 Å². The molecule has 18 heavy (non-hydrogen) atoms. The third-order valence-corrected chi connectivity index (χ3v) is 3.43. The molecule has 0 fully saturated rings. The number of aryl methyl sites for hydroxylation is 3. The van der Waals surface area contributed by atoms with Crippen LogP contribution in [0.4, 0.5) is 0 Å². The third kappa shape index (κ3) is 3.53. The summed E-state index contributed by atoms with van der Waals surface area (Å²) in [6, 6.07) is 8.91. The zero-order valence-electron chi connectivity index (χ0n) is 10.7. The molecular weight excluding hydrogens is 242 g/mol. The number of hydrogen-bond acceptors (Lipinski definition) is 2. The van der Waals surface area contributed by atoms with Crippen LogP contribution in [0.5, 0.6) is 0 Å². The SMILES string of the molecule is CCCCc1ccc(CCn2cn[nH]c2=S)cc1. The molecule has 0 aliphatic rings. The number of H-pyrrole nitrogens is 1. The molecule has 4 heteroatoms. The van der Waals surface area contributed by atoms with Gasteiger partial charge in [-0.05, 0) is 42.6 Å². The van der Waals surface area contributed by atoms with E-state index in [2.05, 4.69) is 41.4 Å². The van der Waals surface area contributed by atoms with E-state index >= 15 is 0 Å². The first kappa shape index (κ1) is 13.0. The zero-order chi connectivity index (χ0) is 12.8. The molecule has 2 rings (SSSR count). The van der Waals surface area contributed by atoms with Crippen LogP contribution in [0.15, 0.2) is 30.6 Å². The summed E-state index contributed by atoms with van der Waals surface area (Å²) in [5.74, 6) is 0. The first-order chi connectivity index (χ1) is 8.79. The molecule has 1 aromatic heterocycles. The fraction of sp³-hybridized carbons (Fsp3) is 0.429. The summed E-state index contributed by atoms with van der Waals surface area (Å²) in [6.07, 6.45) is 6.44. The normalized spacial score (nSPS) is 10.7. The Labute approximate surface area is 113 Å². The lowest BCUT2D eigenvalue weighted by Gasteiger charge is -2.04. The molecule has 0 unspecified atom stereocenters. The Kier molecular flexibility index (Phi) is 4.70. The summed E-state index contributed by atoms with van der Waals surface area (Å²) in [5.41, 5.74) is 2.78. The summed E-state index contributed by atoms with van der Waals surface area (Å²) in [5, 5.41) is 6.68. The van der Waals surface area contributed by atoms with Crippen LogP contribution in [0, 0.1) is 4.77 Å². The minimum absolute atomic E-state index is 0.689. The van der Waals surface area contributed by atoms with Gasteiger partial charge in [0.25, 0.3) is 0 Å². The Balaban J connectivity index is 1.90. The highest BCUT2D eigenvalue weighted by atomic mass is 32.1. The predicted molar refractivity (Wildman–Crippen MR) is 76.2 cm³/mol. The van der Waals surface area contributed by atoms with Crippen molar-refractivity contribution in [2.45, 2.75) is 39.2 Å². The van der Waals surface area contributed by atoms with Crippen molar-refractivity contribution in [1.29, 1.82) is 0 Å². The molecule has 0 amide bonds. The van der Waals surface area contributed by atoms with Crippen molar-refractivity contribution in [2.24, 2.45) is 0 Å². The second-order valence-corrected chi connectivity index (χ2v) is 4.91. The highest BCUT2D eigenvalue weighted by Gasteiger charge is 1.97. The van der Waals surface area contributed by atoms with Crippen LogP contribution in [0.1, 0.15) is 30.9 Å². The van der Waals surface area contributed by atoms with Crippen LogP contribution in [0.2, 0.25) is 0 Å².